The van der Waals surface area contributed by atoms with E-state index in [4.69, 9.17) is 4.74 Å². The maximum absolute atomic E-state index is 12.5. The van der Waals surface area contributed by atoms with E-state index in [9.17, 15) is 14.9 Å². The minimum Gasteiger partial charge on any atom is -0.375 e. The summed E-state index contributed by atoms with van der Waals surface area (Å²) >= 11 is 0. The highest BCUT2D eigenvalue weighted by Gasteiger charge is 2.41. The molecule has 1 aromatic carbocycles. The molecule has 0 saturated carbocycles. The Morgan fingerprint density at radius 2 is 1.90 bits per heavy atom. The van der Waals surface area contributed by atoms with E-state index < -0.39 is 4.92 Å². The van der Waals surface area contributed by atoms with Gasteiger partial charge in [-0.05, 0) is 19.8 Å². The third kappa shape index (κ3) is 2.72. The van der Waals surface area contributed by atoms with Crippen LogP contribution in [0.4, 0.5) is 5.69 Å². The SMILES string of the molecule is CC1OC(C)C(C(=O)Cc2ccccc2[N+](=O)[O-])C1C. The van der Waals surface area contributed by atoms with Crippen molar-refractivity contribution in [2.45, 2.75) is 39.4 Å². The lowest BCUT2D eigenvalue weighted by molar-refractivity contribution is -0.385. The Morgan fingerprint density at radius 3 is 2.45 bits per heavy atom. The van der Waals surface area contributed by atoms with E-state index in [1.54, 1.807) is 18.2 Å². The second-order valence-electron chi connectivity index (χ2n) is 5.46. The van der Waals surface area contributed by atoms with Gasteiger partial charge in [0.2, 0.25) is 0 Å². The highest BCUT2D eigenvalue weighted by molar-refractivity contribution is 5.85. The molecule has 1 fully saturated rings. The number of Topliss-reactive ketones (excluding diaryl/α,β-unsaturated/α-hetero) is 1. The fraction of sp³-hybridized carbons (Fsp3) is 0.533. The quantitative estimate of drug-likeness (QED) is 0.626. The molecule has 4 unspecified atom stereocenters. The smallest absolute Gasteiger partial charge is 0.273 e. The predicted octanol–water partition coefficient (Wildman–Crippen LogP) is 2.77. The summed E-state index contributed by atoms with van der Waals surface area (Å²) in [4.78, 5) is 23.0. The molecule has 1 saturated heterocycles. The van der Waals surface area contributed by atoms with Crippen LogP contribution in [-0.2, 0) is 16.0 Å². The lowest BCUT2D eigenvalue weighted by Gasteiger charge is -2.17. The molecule has 0 N–H and O–H groups in total. The Hall–Kier alpha value is -1.75. The maximum Gasteiger partial charge on any atom is 0.273 e. The van der Waals surface area contributed by atoms with Crippen LogP contribution >= 0.6 is 0 Å². The van der Waals surface area contributed by atoms with Crippen molar-refractivity contribution in [3.05, 3.63) is 39.9 Å². The lowest BCUT2D eigenvalue weighted by Crippen LogP contribution is -2.28. The number of para-hydroxylation sites is 1. The van der Waals surface area contributed by atoms with Crippen LogP contribution in [0.3, 0.4) is 0 Å². The van der Waals surface area contributed by atoms with E-state index in [1.807, 2.05) is 20.8 Å². The van der Waals surface area contributed by atoms with Crippen LogP contribution in [0.5, 0.6) is 0 Å². The van der Waals surface area contributed by atoms with Crippen LogP contribution in [0.2, 0.25) is 0 Å². The van der Waals surface area contributed by atoms with E-state index in [-0.39, 0.29) is 41.9 Å². The van der Waals surface area contributed by atoms with Crippen LogP contribution in [0.25, 0.3) is 0 Å². The van der Waals surface area contributed by atoms with Crippen molar-refractivity contribution >= 4 is 11.5 Å². The number of carbonyl (C=O) groups is 1. The van der Waals surface area contributed by atoms with E-state index in [2.05, 4.69) is 0 Å². The zero-order valence-corrected chi connectivity index (χ0v) is 11.9. The number of hydrogen-bond donors (Lipinski definition) is 0. The van der Waals surface area contributed by atoms with E-state index in [0.717, 1.165) is 0 Å². The van der Waals surface area contributed by atoms with Gasteiger partial charge in [-0.25, -0.2) is 0 Å². The molecule has 5 nitrogen and oxygen atoms in total. The van der Waals surface area contributed by atoms with Crippen molar-refractivity contribution in [3.63, 3.8) is 0 Å². The van der Waals surface area contributed by atoms with Gasteiger partial charge in [0.15, 0.2) is 0 Å². The molecule has 0 radical (unpaired) electrons. The number of nitro groups is 1. The first-order valence-corrected chi connectivity index (χ1v) is 6.82. The fourth-order valence-electron chi connectivity index (χ4n) is 2.97. The highest BCUT2D eigenvalue weighted by atomic mass is 16.6. The van der Waals surface area contributed by atoms with E-state index in [0.29, 0.717) is 5.56 Å². The van der Waals surface area contributed by atoms with Gasteiger partial charge in [0, 0.05) is 24.0 Å². The molecule has 0 bridgehead atoms. The summed E-state index contributed by atoms with van der Waals surface area (Å²) in [5.74, 6) is -0.0336. The number of ether oxygens (including phenoxy) is 1. The largest absolute Gasteiger partial charge is 0.375 e. The molecular weight excluding hydrogens is 258 g/mol. The number of carbonyl (C=O) groups excluding carboxylic acids is 1. The van der Waals surface area contributed by atoms with Gasteiger partial charge in [-0.3, -0.25) is 14.9 Å². The number of nitro benzene ring substituents is 1. The van der Waals surface area contributed by atoms with Crippen molar-refractivity contribution in [2.75, 3.05) is 0 Å². The van der Waals surface area contributed by atoms with Gasteiger partial charge in [0.25, 0.3) is 5.69 Å². The first kappa shape index (κ1) is 14.7. The van der Waals surface area contributed by atoms with Crippen LogP contribution in [0, 0.1) is 22.0 Å². The fourth-order valence-corrected chi connectivity index (χ4v) is 2.97. The molecule has 0 spiro atoms. The van der Waals surface area contributed by atoms with Gasteiger partial charge in [-0.2, -0.15) is 0 Å². The molecule has 0 aliphatic carbocycles. The van der Waals surface area contributed by atoms with Gasteiger partial charge < -0.3 is 4.74 Å². The topological polar surface area (TPSA) is 69.4 Å². The second-order valence-corrected chi connectivity index (χ2v) is 5.46. The molecule has 1 heterocycles. The standard InChI is InChI=1S/C15H19NO4/c1-9-10(2)20-11(3)15(9)14(17)8-12-6-4-5-7-13(12)16(18)19/h4-7,9-11,15H,8H2,1-3H3. The average Bonchev–Trinajstić information content (AvgIpc) is 2.63. The molecule has 20 heavy (non-hydrogen) atoms. The molecule has 1 aromatic rings. The first-order chi connectivity index (χ1) is 9.41. The molecule has 1 aliphatic heterocycles. The second kappa shape index (κ2) is 5.71. The predicted molar refractivity (Wildman–Crippen MR) is 74.5 cm³/mol. The van der Waals surface area contributed by atoms with Gasteiger partial charge >= 0.3 is 0 Å². The van der Waals surface area contributed by atoms with Gasteiger partial charge in [-0.15, -0.1) is 0 Å². The van der Waals surface area contributed by atoms with Crippen LogP contribution in [-0.4, -0.2) is 22.9 Å². The maximum atomic E-state index is 12.5. The summed E-state index contributed by atoms with van der Waals surface area (Å²) in [6, 6.07) is 6.40. The molecule has 4 atom stereocenters. The Kier molecular flexibility index (Phi) is 4.18. The zero-order valence-electron chi connectivity index (χ0n) is 11.9. The first-order valence-electron chi connectivity index (χ1n) is 6.82. The van der Waals surface area contributed by atoms with Gasteiger partial charge in [-0.1, -0.05) is 25.1 Å². The molecule has 5 heteroatoms. The highest BCUT2D eigenvalue weighted by Crippen LogP contribution is 2.34. The average molecular weight is 277 g/mol. The Labute approximate surface area is 118 Å². The van der Waals surface area contributed by atoms with Crippen LogP contribution in [0.1, 0.15) is 26.3 Å². The van der Waals surface area contributed by atoms with Gasteiger partial charge in [0.05, 0.1) is 17.1 Å². The lowest BCUT2D eigenvalue weighted by atomic mass is 9.83. The van der Waals surface area contributed by atoms with Crippen molar-refractivity contribution in [3.8, 4) is 0 Å². The molecule has 0 amide bonds. The number of benzene rings is 1. The summed E-state index contributed by atoms with van der Waals surface area (Å²) in [5, 5.41) is 11.0. The van der Waals surface area contributed by atoms with Crippen LogP contribution < -0.4 is 0 Å². The van der Waals surface area contributed by atoms with Gasteiger partial charge in [0.1, 0.15) is 5.78 Å². The molecule has 1 aliphatic rings. The minimum absolute atomic E-state index is 0.00752. The third-order valence-corrected chi connectivity index (χ3v) is 4.17. The number of hydrogen-bond acceptors (Lipinski definition) is 4. The normalized spacial score (nSPS) is 29.4. The Morgan fingerprint density at radius 1 is 1.25 bits per heavy atom. The van der Waals surface area contributed by atoms with Crippen molar-refractivity contribution in [2.24, 2.45) is 11.8 Å². The van der Waals surface area contributed by atoms with Crippen molar-refractivity contribution < 1.29 is 14.5 Å². The number of rotatable bonds is 4. The summed E-state index contributed by atoms with van der Waals surface area (Å²) in [6.45, 7) is 5.84. The monoisotopic (exact) mass is 277 g/mol. The summed E-state index contributed by atoms with van der Waals surface area (Å²) in [5.41, 5.74) is 0.481. The number of nitrogens with zero attached hydrogens (tertiary/aromatic N) is 1. The minimum atomic E-state index is -0.441. The van der Waals surface area contributed by atoms with E-state index in [1.165, 1.54) is 6.07 Å². The molecular formula is C15H19NO4. The third-order valence-electron chi connectivity index (χ3n) is 4.17. The summed E-state index contributed by atoms with van der Waals surface area (Å²) < 4.78 is 5.67. The summed E-state index contributed by atoms with van der Waals surface area (Å²) in [6.07, 6.45) is 0.00651. The Bertz CT molecular complexity index is 528. The van der Waals surface area contributed by atoms with E-state index >= 15 is 0 Å². The Balaban J connectivity index is 2.18. The van der Waals surface area contributed by atoms with Crippen molar-refractivity contribution in [1.82, 2.24) is 0 Å². The molecule has 2 rings (SSSR count). The zero-order chi connectivity index (χ0) is 14.9. The van der Waals surface area contributed by atoms with Crippen molar-refractivity contribution in [1.29, 1.82) is 0 Å². The van der Waals surface area contributed by atoms with Crippen LogP contribution in [0.15, 0.2) is 24.3 Å². The molecule has 0 aromatic heterocycles. The molecule has 108 valence electrons. The number of ketones is 1. The summed E-state index contributed by atoms with van der Waals surface area (Å²) in [7, 11) is 0.